The molecule has 4 aromatic carbocycles. The van der Waals surface area contributed by atoms with E-state index in [1.54, 1.807) is 10.8 Å². The van der Waals surface area contributed by atoms with E-state index in [1.807, 2.05) is 37.3 Å². The molecule has 0 aliphatic carbocycles. The van der Waals surface area contributed by atoms with Gasteiger partial charge in [-0.05, 0) is 30.4 Å². The standard InChI is InChI=1S/C32H25N5O2/c1-20-12-14-22(15-13-20)21(2)36-38-18-27-34-31-29-28(24-9-4-3-5-10-24)26-17-16-23-8-6-7-11-25(23)30(26)39-32(29)33-19-37(31)35-27/h3-17,19,28H,18H2,1-2H3. The quantitative estimate of drug-likeness (QED) is 0.187. The molecule has 0 radical (unpaired) electrons. The number of rotatable bonds is 5. The molecular weight excluding hydrogens is 486 g/mol. The summed E-state index contributed by atoms with van der Waals surface area (Å²) in [5.74, 6) is 1.76. The topological polar surface area (TPSA) is 73.9 Å². The summed E-state index contributed by atoms with van der Waals surface area (Å²) in [4.78, 5) is 15.2. The largest absolute Gasteiger partial charge is 0.438 e. The molecular formula is C32H25N5O2. The molecule has 1 aliphatic heterocycles. The molecule has 1 aliphatic rings. The van der Waals surface area contributed by atoms with E-state index in [4.69, 9.17) is 14.6 Å². The van der Waals surface area contributed by atoms with Crippen molar-refractivity contribution in [2.24, 2.45) is 5.16 Å². The number of hydrogen-bond acceptors (Lipinski definition) is 6. The van der Waals surface area contributed by atoms with Gasteiger partial charge in [0.2, 0.25) is 5.88 Å². The first-order chi connectivity index (χ1) is 19.2. The number of aryl methyl sites for hydroxylation is 1. The molecule has 0 N–H and O–H groups in total. The molecule has 2 aromatic heterocycles. The number of hydrogen-bond donors (Lipinski definition) is 0. The maximum atomic E-state index is 6.48. The molecule has 39 heavy (non-hydrogen) atoms. The van der Waals surface area contributed by atoms with Crippen LogP contribution in [0.4, 0.5) is 0 Å². The second-order valence-corrected chi connectivity index (χ2v) is 9.73. The Morgan fingerprint density at radius 2 is 1.74 bits per heavy atom. The van der Waals surface area contributed by atoms with Crippen molar-refractivity contribution in [3.05, 3.63) is 131 Å². The van der Waals surface area contributed by atoms with E-state index in [0.29, 0.717) is 17.4 Å². The lowest BCUT2D eigenvalue weighted by Crippen LogP contribution is -2.15. The molecule has 0 saturated carbocycles. The Balaban J connectivity index is 1.29. The molecule has 7 heteroatoms. The average molecular weight is 512 g/mol. The van der Waals surface area contributed by atoms with Crippen molar-refractivity contribution in [3.63, 3.8) is 0 Å². The summed E-state index contributed by atoms with van der Waals surface area (Å²) < 4.78 is 8.18. The van der Waals surface area contributed by atoms with Crippen LogP contribution in [0.15, 0.2) is 102 Å². The summed E-state index contributed by atoms with van der Waals surface area (Å²) in [7, 11) is 0. The van der Waals surface area contributed by atoms with Gasteiger partial charge in [-0.3, -0.25) is 0 Å². The first-order valence-corrected chi connectivity index (χ1v) is 12.9. The highest BCUT2D eigenvalue weighted by atomic mass is 16.6. The lowest BCUT2D eigenvalue weighted by molar-refractivity contribution is 0.125. The van der Waals surface area contributed by atoms with Crippen LogP contribution >= 0.6 is 0 Å². The fourth-order valence-corrected chi connectivity index (χ4v) is 5.18. The first kappa shape index (κ1) is 23.1. The van der Waals surface area contributed by atoms with Gasteiger partial charge >= 0.3 is 0 Å². The van der Waals surface area contributed by atoms with Crippen molar-refractivity contribution in [3.8, 4) is 11.6 Å². The van der Waals surface area contributed by atoms with E-state index in [2.05, 4.69) is 82.8 Å². The van der Waals surface area contributed by atoms with Crippen LogP contribution in [0.3, 0.4) is 0 Å². The maximum absolute atomic E-state index is 6.48. The van der Waals surface area contributed by atoms with Crippen LogP contribution in [0.2, 0.25) is 0 Å². The molecule has 6 aromatic rings. The van der Waals surface area contributed by atoms with E-state index in [1.165, 1.54) is 5.56 Å². The highest BCUT2D eigenvalue weighted by molar-refractivity contribution is 5.98. The van der Waals surface area contributed by atoms with Gasteiger partial charge in [-0.15, -0.1) is 5.10 Å². The number of benzene rings is 4. The lowest BCUT2D eigenvalue weighted by Gasteiger charge is -2.28. The molecule has 0 amide bonds. The molecule has 1 unspecified atom stereocenters. The van der Waals surface area contributed by atoms with Gasteiger partial charge in [0.05, 0.1) is 11.3 Å². The predicted molar refractivity (Wildman–Crippen MR) is 150 cm³/mol. The van der Waals surface area contributed by atoms with Gasteiger partial charge in [0.25, 0.3) is 0 Å². The monoisotopic (exact) mass is 511 g/mol. The van der Waals surface area contributed by atoms with Gasteiger partial charge < -0.3 is 9.57 Å². The van der Waals surface area contributed by atoms with E-state index in [0.717, 1.165) is 44.5 Å². The fourth-order valence-electron chi connectivity index (χ4n) is 5.18. The molecule has 0 bridgehead atoms. The number of aromatic nitrogens is 4. The number of nitrogens with zero attached hydrogens (tertiary/aromatic N) is 5. The highest BCUT2D eigenvalue weighted by Gasteiger charge is 2.34. The molecule has 0 saturated heterocycles. The second-order valence-electron chi connectivity index (χ2n) is 9.73. The van der Waals surface area contributed by atoms with Gasteiger partial charge in [0.1, 0.15) is 12.1 Å². The third-order valence-electron chi connectivity index (χ3n) is 7.14. The SMILES string of the molecule is CC(=NOCc1nc2c3c(ncn2n1)Oc1c(ccc2ccccc12)C3c1ccccc1)c1ccc(C)cc1. The van der Waals surface area contributed by atoms with Crippen LogP contribution in [0, 0.1) is 6.92 Å². The van der Waals surface area contributed by atoms with Crippen molar-refractivity contribution >= 4 is 22.1 Å². The van der Waals surface area contributed by atoms with E-state index >= 15 is 0 Å². The molecule has 7 rings (SSSR count). The summed E-state index contributed by atoms with van der Waals surface area (Å²) in [6.07, 6.45) is 1.64. The van der Waals surface area contributed by atoms with Crippen molar-refractivity contribution in [1.82, 2.24) is 19.6 Å². The van der Waals surface area contributed by atoms with Gasteiger partial charge in [0.15, 0.2) is 18.1 Å². The van der Waals surface area contributed by atoms with Crippen LogP contribution in [0.25, 0.3) is 16.4 Å². The van der Waals surface area contributed by atoms with Crippen LogP contribution < -0.4 is 4.74 Å². The minimum atomic E-state index is -0.120. The Bertz CT molecular complexity index is 1860. The number of oxime groups is 1. The Kier molecular flexibility index (Phi) is 5.55. The molecule has 7 nitrogen and oxygen atoms in total. The van der Waals surface area contributed by atoms with Crippen LogP contribution in [0.1, 0.15) is 46.5 Å². The molecule has 190 valence electrons. The van der Waals surface area contributed by atoms with Crippen molar-refractivity contribution in [2.75, 3.05) is 0 Å². The van der Waals surface area contributed by atoms with Crippen molar-refractivity contribution in [2.45, 2.75) is 26.4 Å². The predicted octanol–water partition coefficient (Wildman–Crippen LogP) is 6.81. The first-order valence-electron chi connectivity index (χ1n) is 12.9. The summed E-state index contributed by atoms with van der Waals surface area (Å²) in [6, 6.07) is 31.1. The van der Waals surface area contributed by atoms with E-state index < -0.39 is 0 Å². The van der Waals surface area contributed by atoms with Crippen molar-refractivity contribution < 1.29 is 9.57 Å². The average Bonchev–Trinajstić information content (AvgIpc) is 3.40. The van der Waals surface area contributed by atoms with Crippen LogP contribution in [-0.2, 0) is 11.4 Å². The van der Waals surface area contributed by atoms with Gasteiger partial charge in [-0.1, -0.05) is 102 Å². The molecule has 1 atom stereocenters. The zero-order chi connectivity index (χ0) is 26.3. The minimum absolute atomic E-state index is 0.120. The van der Waals surface area contributed by atoms with E-state index in [9.17, 15) is 0 Å². The van der Waals surface area contributed by atoms with E-state index in [-0.39, 0.29) is 12.5 Å². The Hall–Kier alpha value is -5.04. The van der Waals surface area contributed by atoms with Crippen LogP contribution in [0.5, 0.6) is 11.6 Å². The zero-order valence-electron chi connectivity index (χ0n) is 21.6. The smallest absolute Gasteiger partial charge is 0.228 e. The molecule has 0 fully saturated rings. The summed E-state index contributed by atoms with van der Waals surface area (Å²) in [5, 5.41) is 11.1. The third kappa shape index (κ3) is 4.08. The summed E-state index contributed by atoms with van der Waals surface area (Å²) in [6.45, 7) is 4.12. The Labute approximate surface area is 225 Å². The zero-order valence-corrected chi connectivity index (χ0v) is 21.6. The third-order valence-corrected chi connectivity index (χ3v) is 7.14. The summed E-state index contributed by atoms with van der Waals surface area (Å²) >= 11 is 0. The maximum Gasteiger partial charge on any atom is 0.228 e. The highest BCUT2D eigenvalue weighted by Crippen LogP contribution is 2.50. The normalized spacial score (nSPS) is 14.6. The second kappa shape index (κ2) is 9.36. The van der Waals surface area contributed by atoms with Crippen LogP contribution in [-0.4, -0.2) is 25.3 Å². The molecule has 3 heterocycles. The summed E-state index contributed by atoms with van der Waals surface area (Å²) in [5.41, 5.74) is 6.77. The lowest BCUT2D eigenvalue weighted by atomic mass is 9.83. The Morgan fingerprint density at radius 3 is 2.59 bits per heavy atom. The minimum Gasteiger partial charge on any atom is -0.438 e. The number of ether oxygens (including phenoxy) is 1. The Morgan fingerprint density at radius 1 is 0.949 bits per heavy atom. The molecule has 0 spiro atoms. The van der Waals surface area contributed by atoms with Gasteiger partial charge in [0, 0.05) is 16.9 Å². The van der Waals surface area contributed by atoms with Crippen molar-refractivity contribution in [1.29, 1.82) is 0 Å². The fraction of sp³-hybridized carbons (Fsp3) is 0.125. The number of fused-ring (bicyclic) bond motifs is 6. The van der Waals surface area contributed by atoms with Gasteiger partial charge in [-0.25, -0.2) is 14.5 Å². The van der Waals surface area contributed by atoms with Gasteiger partial charge in [-0.2, -0.15) is 0 Å².